The van der Waals surface area contributed by atoms with Crippen molar-refractivity contribution in [2.45, 2.75) is 0 Å². The van der Waals surface area contributed by atoms with E-state index in [1.165, 1.54) is 30.5 Å². The molecule has 2 rings (SSSR count). The third-order valence-corrected chi connectivity index (χ3v) is 2.47. The van der Waals surface area contributed by atoms with Crippen LogP contribution in [0.5, 0.6) is 11.6 Å². The Kier molecular flexibility index (Phi) is 3.14. The highest BCUT2D eigenvalue weighted by Crippen LogP contribution is 2.25. The van der Waals surface area contributed by atoms with E-state index in [-0.39, 0.29) is 11.6 Å². The van der Waals surface area contributed by atoms with Crippen LogP contribution in [0, 0.1) is 11.6 Å². The van der Waals surface area contributed by atoms with Crippen molar-refractivity contribution in [3.63, 3.8) is 0 Å². The van der Waals surface area contributed by atoms with Gasteiger partial charge in [0.25, 0.3) is 5.88 Å². The zero-order valence-corrected chi connectivity index (χ0v) is 9.54. The number of hydrogen-bond acceptors (Lipinski definition) is 2. The van der Waals surface area contributed by atoms with Crippen molar-refractivity contribution in [1.82, 2.24) is 4.98 Å². The maximum Gasteiger partial charge on any atom is 0.255 e. The highest BCUT2D eigenvalue weighted by molar-refractivity contribution is 9.10. The van der Waals surface area contributed by atoms with E-state index in [9.17, 15) is 8.78 Å². The second-order valence-electron chi connectivity index (χ2n) is 2.97. The van der Waals surface area contributed by atoms with Crippen LogP contribution in [0.4, 0.5) is 8.78 Å². The molecule has 16 heavy (non-hydrogen) atoms. The van der Waals surface area contributed by atoms with Crippen LogP contribution in [0.25, 0.3) is 0 Å². The van der Waals surface area contributed by atoms with E-state index >= 15 is 0 Å². The van der Waals surface area contributed by atoms with Crippen LogP contribution in [-0.4, -0.2) is 4.98 Å². The number of hydrogen-bond donors (Lipinski definition) is 0. The Labute approximate surface area is 99.0 Å². The third-order valence-electron chi connectivity index (χ3n) is 1.83. The molecule has 0 bridgehead atoms. The molecular formula is C11H6BrF2NO. The minimum atomic E-state index is -0.592. The molecule has 82 valence electrons. The number of nitrogens with zero attached hydrogens (tertiary/aromatic N) is 1. The van der Waals surface area contributed by atoms with Crippen LogP contribution >= 0.6 is 15.9 Å². The molecule has 5 heteroatoms. The van der Waals surface area contributed by atoms with Gasteiger partial charge in [0.2, 0.25) is 0 Å². The molecule has 0 saturated heterocycles. The molecule has 1 aromatic carbocycles. The third kappa shape index (κ3) is 2.36. The molecule has 1 aromatic heterocycles. The first kappa shape index (κ1) is 11.0. The molecular weight excluding hydrogens is 280 g/mol. The lowest BCUT2D eigenvalue weighted by Gasteiger charge is -2.05. The van der Waals surface area contributed by atoms with Crippen molar-refractivity contribution in [2.24, 2.45) is 0 Å². The van der Waals surface area contributed by atoms with E-state index in [1.54, 1.807) is 0 Å². The smallest absolute Gasteiger partial charge is 0.255 e. The fourth-order valence-corrected chi connectivity index (χ4v) is 1.34. The molecule has 0 spiro atoms. The van der Waals surface area contributed by atoms with Crippen LogP contribution < -0.4 is 4.74 Å². The molecule has 1 heterocycles. The minimum absolute atomic E-state index is 0.177. The Morgan fingerprint density at radius 2 is 1.94 bits per heavy atom. The molecule has 0 unspecified atom stereocenters. The summed E-state index contributed by atoms with van der Waals surface area (Å²) in [5.41, 5.74) is 0. The number of benzene rings is 1. The summed E-state index contributed by atoms with van der Waals surface area (Å²) < 4.78 is 31.7. The largest absolute Gasteiger partial charge is 0.436 e. The van der Waals surface area contributed by atoms with E-state index in [1.807, 2.05) is 0 Å². The first-order chi connectivity index (χ1) is 7.66. The van der Waals surface area contributed by atoms with Gasteiger partial charge in [-0.15, -0.1) is 0 Å². The van der Waals surface area contributed by atoms with Crippen molar-refractivity contribution in [2.75, 3.05) is 0 Å². The second kappa shape index (κ2) is 4.57. The quantitative estimate of drug-likeness (QED) is 0.835. The van der Waals surface area contributed by atoms with E-state index < -0.39 is 11.6 Å². The second-order valence-corrected chi connectivity index (χ2v) is 3.82. The van der Waals surface area contributed by atoms with Crippen LogP contribution in [0.3, 0.4) is 0 Å². The Balaban J connectivity index is 2.28. The Bertz CT molecular complexity index is 519. The summed E-state index contributed by atoms with van der Waals surface area (Å²) in [6, 6.07) is 6.81. The topological polar surface area (TPSA) is 22.1 Å². The van der Waals surface area contributed by atoms with Gasteiger partial charge in [-0.1, -0.05) is 0 Å². The maximum atomic E-state index is 13.2. The number of aromatic nitrogens is 1. The molecule has 2 nitrogen and oxygen atoms in total. The van der Waals surface area contributed by atoms with Crippen molar-refractivity contribution in [3.8, 4) is 11.6 Å². The highest BCUT2D eigenvalue weighted by Gasteiger charge is 2.07. The van der Waals surface area contributed by atoms with E-state index in [0.29, 0.717) is 4.47 Å². The monoisotopic (exact) mass is 285 g/mol. The van der Waals surface area contributed by atoms with Crippen LogP contribution in [0.1, 0.15) is 0 Å². The lowest BCUT2D eigenvalue weighted by molar-refractivity contribution is 0.419. The summed E-state index contributed by atoms with van der Waals surface area (Å²) >= 11 is 3.01. The molecule has 0 fully saturated rings. The predicted molar refractivity (Wildman–Crippen MR) is 58.4 cm³/mol. The van der Waals surface area contributed by atoms with Gasteiger partial charge < -0.3 is 4.74 Å². The summed E-state index contributed by atoms with van der Waals surface area (Å²) in [6.45, 7) is 0. The summed E-state index contributed by atoms with van der Waals surface area (Å²) in [4.78, 5) is 3.69. The lowest BCUT2D eigenvalue weighted by atomic mass is 10.3. The van der Waals surface area contributed by atoms with Crippen LogP contribution in [-0.2, 0) is 0 Å². The molecule has 0 aliphatic rings. The van der Waals surface area contributed by atoms with Crippen molar-refractivity contribution >= 4 is 15.9 Å². The lowest BCUT2D eigenvalue weighted by Crippen LogP contribution is -1.91. The Morgan fingerprint density at radius 1 is 1.12 bits per heavy atom. The fourth-order valence-electron chi connectivity index (χ4n) is 1.10. The summed E-state index contributed by atoms with van der Waals surface area (Å²) in [5.74, 6) is -1.05. The summed E-state index contributed by atoms with van der Waals surface area (Å²) in [5, 5.41) is 0. The summed E-state index contributed by atoms with van der Waals surface area (Å²) in [6.07, 6.45) is 1.40. The highest BCUT2D eigenvalue weighted by atomic mass is 79.9. The Morgan fingerprint density at radius 3 is 2.62 bits per heavy atom. The average Bonchev–Trinajstić information content (AvgIpc) is 2.27. The standard InChI is InChI=1S/C11H6BrF2NO/c12-8-4-3-7(6-10(8)14)16-11-9(13)2-1-5-15-11/h1-6H. The van der Waals surface area contributed by atoms with Crippen molar-refractivity contribution in [1.29, 1.82) is 0 Å². The zero-order valence-electron chi connectivity index (χ0n) is 7.95. The molecule has 0 radical (unpaired) electrons. The molecule has 0 atom stereocenters. The maximum absolute atomic E-state index is 13.2. The zero-order chi connectivity index (χ0) is 11.5. The average molecular weight is 286 g/mol. The van der Waals surface area contributed by atoms with Gasteiger partial charge in [0.15, 0.2) is 5.82 Å². The van der Waals surface area contributed by atoms with E-state index in [0.717, 1.165) is 6.07 Å². The predicted octanol–water partition coefficient (Wildman–Crippen LogP) is 3.91. The first-order valence-corrected chi connectivity index (χ1v) is 5.19. The van der Waals surface area contributed by atoms with Gasteiger partial charge in [-0.3, -0.25) is 0 Å². The van der Waals surface area contributed by atoms with E-state index in [2.05, 4.69) is 20.9 Å². The Hall–Kier alpha value is -1.49. The molecule has 0 N–H and O–H groups in total. The van der Waals surface area contributed by atoms with Gasteiger partial charge in [0, 0.05) is 12.3 Å². The normalized spacial score (nSPS) is 10.2. The van der Waals surface area contributed by atoms with Gasteiger partial charge >= 0.3 is 0 Å². The van der Waals surface area contributed by atoms with Crippen molar-refractivity contribution < 1.29 is 13.5 Å². The van der Waals surface area contributed by atoms with Gasteiger partial charge in [-0.05, 0) is 40.2 Å². The van der Waals surface area contributed by atoms with Gasteiger partial charge in [0.05, 0.1) is 4.47 Å². The SMILES string of the molecule is Fc1cc(Oc2ncccc2F)ccc1Br. The number of halogens is 3. The van der Waals surface area contributed by atoms with Crippen molar-refractivity contribution in [3.05, 3.63) is 52.6 Å². The van der Waals surface area contributed by atoms with Gasteiger partial charge in [0.1, 0.15) is 11.6 Å². The number of pyridine rings is 1. The molecule has 0 saturated carbocycles. The molecule has 2 aromatic rings. The van der Waals surface area contributed by atoms with Crippen LogP contribution in [0.2, 0.25) is 0 Å². The van der Waals surface area contributed by atoms with Crippen LogP contribution in [0.15, 0.2) is 41.0 Å². The molecule has 0 amide bonds. The number of rotatable bonds is 2. The summed E-state index contributed by atoms with van der Waals surface area (Å²) in [7, 11) is 0. The minimum Gasteiger partial charge on any atom is -0.436 e. The fraction of sp³-hybridized carbons (Fsp3) is 0. The number of ether oxygens (including phenoxy) is 1. The molecule has 0 aliphatic carbocycles. The van der Waals surface area contributed by atoms with E-state index in [4.69, 9.17) is 4.74 Å². The molecule has 0 aliphatic heterocycles. The van der Waals surface area contributed by atoms with Gasteiger partial charge in [-0.2, -0.15) is 0 Å². The first-order valence-electron chi connectivity index (χ1n) is 4.40. The van der Waals surface area contributed by atoms with Gasteiger partial charge in [-0.25, -0.2) is 13.8 Å².